The van der Waals surface area contributed by atoms with Gasteiger partial charge in [0.1, 0.15) is 0 Å². The van der Waals surface area contributed by atoms with Crippen LogP contribution in [0.15, 0.2) is 23.8 Å². The molecule has 0 aliphatic heterocycles. The van der Waals surface area contributed by atoms with E-state index in [1.54, 1.807) is 18.6 Å². The first kappa shape index (κ1) is 16.4. The standard InChI is InChI=1S/C17H30OSi/c1-13-8-10-15(12-19(5,6)7)16(17(13,3)4)11-9-14(2)18/h9-11,13,16H,8,12H2,1-7H3/b11-9+/t13-,16-/m1/s1. The van der Waals surface area contributed by atoms with Crippen molar-refractivity contribution in [2.45, 2.75) is 59.8 Å². The van der Waals surface area contributed by atoms with E-state index >= 15 is 0 Å². The zero-order valence-electron chi connectivity index (χ0n) is 13.7. The van der Waals surface area contributed by atoms with Crippen molar-refractivity contribution < 1.29 is 4.79 Å². The fraction of sp³-hybridized carbons (Fsp3) is 0.706. The molecule has 0 amide bonds. The smallest absolute Gasteiger partial charge is 0.152 e. The van der Waals surface area contributed by atoms with Gasteiger partial charge in [-0.3, -0.25) is 4.79 Å². The highest BCUT2D eigenvalue weighted by atomic mass is 28.3. The molecule has 0 aromatic heterocycles. The molecule has 0 heterocycles. The number of allylic oxidation sites excluding steroid dienone is 4. The Morgan fingerprint density at radius 3 is 2.47 bits per heavy atom. The molecule has 0 saturated heterocycles. The lowest BCUT2D eigenvalue weighted by Crippen LogP contribution is -2.36. The van der Waals surface area contributed by atoms with E-state index in [1.807, 2.05) is 0 Å². The lowest BCUT2D eigenvalue weighted by atomic mass is 9.63. The van der Waals surface area contributed by atoms with Crippen LogP contribution in [-0.2, 0) is 4.79 Å². The molecule has 2 atom stereocenters. The lowest BCUT2D eigenvalue weighted by molar-refractivity contribution is -0.112. The van der Waals surface area contributed by atoms with Crippen molar-refractivity contribution in [2.24, 2.45) is 17.3 Å². The molecule has 1 aliphatic rings. The lowest BCUT2D eigenvalue weighted by Gasteiger charge is -2.44. The Hall–Kier alpha value is -0.633. The molecule has 19 heavy (non-hydrogen) atoms. The maximum atomic E-state index is 11.3. The number of carbonyl (C=O) groups excluding carboxylic acids is 1. The molecule has 0 spiro atoms. The van der Waals surface area contributed by atoms with Crippen molar-refractivity contribution >= 4 is 13.9 Å². The zero-order valence-corrected chi connectivity index (χ0v) is 14.7. The Kier molecular flexibility index (Phi) is 5.00. The predicted octanol–water partition coefficient (Wildman–Crippen LogP) is 5.08. The molecule has 0 radical (unpaired) electrons. The van der Waals surface area contributed by atoms with Gasteiger partial charge in [-0.1, -0.05) is 58.1 Å². The maximum absolute atomic E-state index is 11.3. The predicted molar refractivity (Wildman–Crippen MR) is 87.1 cm³/mol. The maximum Gasteiger partial charge on any atom is 0.152 e. The van der Waals surface area contributed by atoms with Crippen molar-refractivity contribution in [3.63, 3.8) is 0 Å². The molecule has 0 N–H and O–H groups in total. The number of hydrogen-bond donors (Lipinski definition) is 0. The number of carbonyl (C=O) groups is 1. The topological polar surface area (TPSA) is 17.1 Å². The summed E-state index contributed by atoms with van der Waals surface area (Å²) in [7, 11) is -1.11. The average Bonchev–Trinajstić information content (AvgIpc) is 2.20. The summed E-state index contributed by atoms with van der Waals surface area (Å²) in [5.74, 6) is 1.24. The van der Waals surface area contributed by atoms with Gasteiger partial charge < -0.3 is 0 Å². The molecule has 0 aromatic rings. The van der Waals surface area contributed by atoms with Gasteiger partial charge in [-0.15, -0.1) is 0 Å². The van der Waals surface area contributed by atoms with E-state index in [9.17, 15) is 4.79 Å². The average molecular weight is 279 g/mol. The van der Waals surface area contributed by atoms with E-state index < -0.39 is 8.07 Å². The molecular weight excluding hydrogens is 248 g/mol. The van der Waals surface area contributed by atoms with E-state index in [4.69, 9.17) is 0 Å². The Labute approximate surface area is 120 Å². The van der Waals surface area contributed by atoms with Gasteiger partial charge in [0.05, 0.1) is 0 Å². The van der Waals surface area contributed by atoms with Crippen LogP contribution in [0.4, 0.5) is 0 Å². The molecule has 0 unspecified atom stereocenters. The van der Waals surface area contributed by atoms with Crippen molar-refractivity contribution in [3.05, 3.63) is 23.8 Å². The first-order chi connectivity index (χ1) is 8.54. The fourth-order valence-corrected chi connectivity index (χ4v) is 4.53. The SMILES string of the molecule is CC(=O)/C=C/[C@@H]1C(C[Si](C)(C)C)=CC[C@@H](C)C1(C)C. The van der Waals surface area contributed by atoms with Crippen molar-refractivity contribution in [3.8, 4) is 0 Å². The van der Waals surface area contributed by atoms with Crippen LogP contribution in [0.1, 0.15) is 34.1 Å². The summed E-state index contributed by atoms with van der Waals surface area (Å²) < 4.78 is 0. The van der Waals surface area contributed by atoms with Crippen LogP contribution in [0.25, 0.3) is 0 Å². The second kappa shape index (κ2) is 5.78. The van der Waals surface area contributed by atoms with Crippen LogP contribution in [0.2, 0.25) is 25.7 Å². The van der Waals surface area contributed by atoms with E-state index in [1.165, 1.54) is 12.5 Å². The second-order valence-electron chi connectivity index (χ2n) is 7.92. The van der Waals surface area contributed by atoms with Crippen molar-refractivity contribution in [1.29, 1.82) is 0 Å². The highest BCUT2D eigenvalue weighted by molar-refractivity contribution is 6.76. The molecule has 0 bridgehead atoms. The quantitative estimate of drug-likeness (QED) is 0.398. The van der Waals surface area contributed by atoms with Gasteiger partial charge in [0.15, 0.2) is 5.78 Å². The van der Waals surface area contributed by atoms with Crippen LogP contribution in [0.3, 0.4) is 0 Å². The van der Waals surface area contributed by atoms with Gasteiger partial charge in [-0.2, -0.15) is 0 Å². The van der Waals surface area contributed by atoms with Gasteiger partial charge >= 0.3 is 0 Å². The minimum atomic E-state index is -1.11. The molecule has 2 heteroatoms. The summed E-state index contributed by atoms with van der Waals surface area (Å²) in [5.41, 5.74) is 1.81. The Balaban J connectivity index is 3.08. The number of hydrogen-bond acceptors (Lipinski definition) is 1. The summed E-state index contributed by atoms with van der Waals surface area (Å²) in [6.07, 6.45) is 7.55. The number of rotatable bonds is 4. The summed E-state index contributed by atoms with van der Waals surface area (Å²) >= 11 is 0. The highest BCUT2D eigenvalue weighted by Crippen LogP contribution is 2.47. The summed E-state index contributed by atoms with van der Waals surface area (Å²) in [6, 6.07) is 1.25. The molecule has 1 nitrogen and oxygen atoms in total. The van der Waals surface area contributed by atoms with Gasteiger partial charge in [0.2, 0.25) is 0 Å². The van der Waals surface area contributed by atoms with Gasteiger partial charge in [0.25, 0.3) is 0 Å². The molecular formula is C17H30OSi. The molecule has 0 fully saturated rings. The Bertz CT molecular complexity index is 396. The Morgan fingerprint density at radius 2 is 2.00 bits per heavy atom. The van der Waals surface area contributed by atoms with Crippen LogP contribution < -0.4 is 0 Å². The molecule has 0 aromatic carbocycles. The van der Waals surface area contributed by atoms with Crippen LogP contribution in [0.5, 0.6) is 0 Å². The first-order valence-electron chi connectivity index (χ1n) is 7.42. The molecule has 1 rings (SSSR count). The summed E-state index contributed by atoms with van der Waals surface area (Å²) in [5, 5.41) is 0. The van der Waals surface area contributed by atoms with E-state index in [-0.39, 0.29) is 11.2 Å². The first-order valence-corrected chi connectivity index (χ1v) is 11.1. The Morgan fingerprint density at radius 1 is 1.42 bits per heavy atom. The third-order valence-electron chi connectivity index (χ3n) is 4.46. The minimum Gasteiger partial charge on any atom is -0.295 e. The van der Waals surface area contributed by atoms with Gasteiger partial charge in [0, 0.05) is 14.0 Å². The summed E-state index contributed by atoms with van der Waals surface area (Å²) in [6.45, 7) is 15.9. The second-order valence-corrected chi connectivity index (χ2v) is 13.4. The summed E-state index contributed by atoms with van der Waals surface area (Å²) in [4.78, 5) is 11.3. The highest BCUT2D eigenvalue weighted by Gasteiger charge is 2.38. The van der Waals surface area contributed by atoms with E-state index in [0.29, 0.717) is 11.8 Å². The monoisotopic (exact) mass is 278 g/mol. The number of ketones is 1. The third-order valence-corrected chi connectivity index (χ3v) is 5.93. The van der Waals surface area contributed by atoms with Crippen LogP contribution >= 0.6 is 0 Å². The zero-order chi connectivity index (χ0) is 14.8. The van der Waals surface area contributed by atoms with Crippen LogP contribution in [0, 0.1) is 17.3 Å². The van der Waals surface area contributed by atoms with Gasteiger partial charge in [-0.05, 0) is 36.8 Å². The molecule has 1 aliphatic carbocycles. The van der Waals surface area contributed by atoms with E-state index in [0.717, 1.165) is 0 Å². The molecule has 108 valence electrons. The van der Waals surface area contributed by atoms with Crippen molar-refractivity contribution in [2.75, 3.05) is 0 Å². The van der Waals surface area contributed by atoms with Gasteiger partial charge in [-0.25, -0.2) is 0 Å². The normalized spacial score (nSPS) is 27.4. The van der Waals surface area contributed by atoms with Crippen molar-refractivity contribution in [1.82, 2.24) is 0 Å². The third kappa shape index (κ3) is 4.45. The largest absolute Gasteiger partial charge is 0.295 e. The fourth-order valence-electron chi connectivity index (χ4n) is 2.94. The van der Waals surface area contributed by atoms with Crippen LogP contribution in [-0.4, -0.2) is 13.9 Å². The van der Waals surface area contributed by atoms with E-state index in [2.05, 4.69) is 52.6 Å². The molecule has 0 saturated carbocycles. The minimum absolute atomic E-state index is 0.154.